The number of nitrogens with zero attached hydrogens (tertiary/aromatic N) is 1. The summed E-state index contributed by atoms with van der Waals surface area (Å²) in [5.74, 6) is 0.131. The monoisotopic (exact) mass is 268 g/mol. The molecule has 5 heteroatoms. The van der Waals surface area contributed by atoms with Crippen LogP contribution in [-0.2, 0) is 0 Å². The average molecular weight is 269 g/mol. The number of hydrogen-bond acceptors (Lipinski definition) is 3. The number of benzene rings is 1. The fourth-order valence-corrected chi connectivity index (χ4v) is 2.81. The Bertz CT molecular complexity index is 551. The molecule has 1 fully saturated rings. The molecule has 0 amide bonds. The van der Waals surface area contributed by atoms with E-state index < -0.39 is 5.82 Å². The average Bonchev–Trinajstić information content (AvgIpc) is 2.69. The first kappa shape index (κ1) is 11.1. The molecule has 1 aromatic heterocycles. The third-order valence-corrected chi connectivity index (χ3v) is 4.09. The highest BCUT2D eigenvalue weighted by Crippen LogP contribution is 2.30. The van der Waals surface area contributed by atoms with Gasteiger partial charge in [0, 0.05) is 30.0 Å². The van der Waals surface area contributed by atoms with Crippen LogP contribution in [0.3, 0.4) is 0 Å². The summed E-state index contributed by atoms with van der Waals surface area (Å²) in [6.45, 7) is 1.99. The first-order valence-corrected chi connectivity index (χ1v) is 6.61. The van der Waals surface area contributed by atoms with Crippen molar-refractivity contribution in [2.75, 3.05) is 13.1 Å². The second kappa shape index (κ2) is 4.37. The molecule has 0 bridgehead atoms. The Morgan fingerprint density at radius 3 is 2.88 bits per heavy atom. The van der Waals surface area contributed by atoms with Crippen LogP contribution in [0.4, 0.5) is 4.39 Å². The zero-order chi connectivity index (χ0) is 11.8. The van der Waals surface area contributed by atoms with Gasteiger partial charge in [0.15, 0.2) is 0 Å². The minimum Gasteiger partial charge on any atom is -0.315 e. The Balaban J connectivity index is 1.92. The van der Waals surface area contributed by atoms with Crippen molar-refractivity contribution < 1.29 is 4.39 Å². The number of aromatic nitrogens is 1. The summed E-state index contributed by atoms with van der Waals surface area (Å²) in [5, 5.41) is 6.33. The molecule has 3 rings (SSSR count). The summed E-state index contributed by atoms with van der Waals surface area (Å²) in [6.07, 6.45) is 0. The summed E-state index contributed by atoms with van der Waals surface area (Å²) in [7, 11) is 0. The van der Waals surface area contributed by atoms with E-state index in [-0.39, 0.29) is 5.02 Å². The Hall–Kier alpha value is -0.970. The Morgan fingerprint density at radius 1 is 1.41 bits per heavy atom. The van der Waals surface area contributed by atoms with E-state index in [1.807, 2.05) is 0 Å². The second-order valence-corrected chi connectivity index (χ2v) is 5.33. The van der Waals surface area contributed by atoms with Crippen molar-refractivity contribution in [1.29, 1.82) is 0 Å². The molecule has 1 aromatic carbocycles. The molecule has 17 heavy (non-hydrogen) atoms. The van der Waals surface area contributed by atoms with Gasteiger partial charge in [0.25, 0.3) is 0 Å². The Morgan fingerprint density at radius 2 is 2.24 bits per heavy atom. The van der Waals surface area contributed by atoms with E-state index in [1.165, 1.54) is 6.07 Å². The molecule has 0 unspecified atom stereocenters. The molecular formula is C12H10ClFN2S. The largest absolute Gasteiger partial charge is 0.315 e. The van der Waals surface area contributed by atoms with Gasteiger partial charge >= 0.3 is 0 Å². The van der Waals surface area contributed by atoms with Gasteiger partial charge in [0.1, 0.15) is 10.8 Å². The molecule has 2 aromatic rings. The van der Waals surface area contributed by atoms with Crippen LogP contribution in [0.2, 0.25) is 5.02 Å². The quantitative estimate of drug-likeness (QED) is 0.904. The highest BCUT2D eigenvalue weighted by atomic mass is 35.5. The van der Waals surface area contributed by atoms with Gasteiger partial charge in [0.05, 0.1) is 10.7 Å². The minimum absolute atomic E-state index is 0.143. The molecule has 0 atom stereocenters. The maximum atomic E-state index is 13.1. The molecule has 1 saturated heterocycles. The van der Waals surface area contributed by atoms with Crippen LogP contribution in [0.25, 0.3) is 10.6 Å². The summed E-state index contributed by atoms with van der Waals surface area (Å²) in [6, 6.07) is 4.71. The van der Waals surface area contributed by atoms with Crippen LogP contribution in [0, 0.1) is 5.82 Å². The van der Waals surface area contributed by atoms with Crippen LogP contribution in [0.15, 0.2) is 23.6 Å². The summed E-state index contributed by atoms with van der Waals surface area (Å²) >= 11 is 7.34. The summed E-state index contributed by atoms with van der Waals surface area (Å²) < 4.78 is 13.1. The number of hydrogen-bond donors (Lipinski definition) is 1. The van der Waals surface area contributed by atoms with Crippen molar-refractivity contribution in [3.63, 3.8) is 0 Å². The van der Waals surface area contributed by atoms with Gasteiger partial charge in [-0.2, -0.15) is 0 Å². The predicted molar refractivity (Wildman–Crippen MR) is 68.1 cm³/mol. The molecule has 0 aliphatic carbocycles. The van der Waals surface area contributed by atoms with Gasteiger partial charge in [-0.3, -0.25) is 0 Å². The maximum Gasteiger partial charge on any atom is 0.141 e. The second-order valence-electron chi connectivity index (χ2n) is 4.06. The highest BCUT2D eigenvalue weighted by molar-refractivity contribution is 7.13. The highest BCUT2D eigenvalue weighted by Gasteiger charge is 2.21. The molecule has 1 aliphatic rings. The lowest BCUT2D eigenvalue weighted by molar-refractivity contribution is 0.441. The van der Waals surface area contributed by atoms with Gasteiger partial charge < -0.3 is 5.32 Å². The number of nitrogens with one attached hydrogen (secondary N) is 1. The van der Waals surface area contributed by atoms with Gasteiger partial charge in [-0.1, -0.05) is 11.6 Å². The third-order valence-electron chi connectivity index (χ3n) is 2.89. The van der Waals surface area contributed by atoms with E-state index in [1.54, 1.807) is 23.5 Å². The van der Waals surface area contributed by atoms with E-state index in [0.29, 0.717) is 5.92 Å². The van der Waals surface area contributed by atoms with E-state index in [9.17, 15) is 4.39 Å². The summed E-state index contributed by atoms with van der Waals surface area (Å²) in [4.78, 5) is 4.57. The summed E-state index contributed by atoms with van der Waals surface area (Å²) in [5.41, 5.74) is 1.99. The van der Waals surface area contributed by atoms with Crippen LogP contribution in [-0.4, -0.2) is 18.1 Å². The van der Waals surface area contributed by atoms with Crippen molar-refractivity contribution in [3.05, 3.63) is 40.1 Å². The molecular weight excluding hydrogens is 259 g/mol. The first-order chi connectivity index (χ1) is 8.24. The van der Waals surface area contributed by atoms with Crippen LogP contribution >= 0.6 is 22.9 Å². The van der Waals surface area contributed by atoms with Crippen molar-refractivity contribution in [2.45, 2.75) is 5.92 Å². The molecule has 0 saturated carbocycles. The number of halogens is 2. The number of thiazole rings is 1. The predicted octanol–water partition coefficient (Wildman–Crippen LogP) is 3.29. The molecule has 2 nitrogen and oxygen atoms in total. The lowest BCUT2D eigenvalue weighted by Crippen LogP contribution is -2.40. The van der Waals surface area contributed by atoms with Gasteiger partial charge in [-0.25, -0.2) is 9.37 Å². The molecule has 2 heterocycles. The van der Waals surface area contributed by atoms with E-state index in [0.717, 1.165) is 29.4 Å². The topological polar surface area (TPSA) is 24.9 Å². The fraction of sp³-hybridized carbons (Fsp3) is 0.250. The van der Waals surface area contributed by atoms with E-state index in [4.69, 9.17) is 11.6 Å². The maximum absolute atomic E-state index is 13.1. The lowest BCUT2D eigenvalue weighted by Gasteiger charge is -2.25. The van der Waals surface area contributed by atoms with Crippen molar-refractivity contribution in [2.24, 2.45) is 0 Å². The fourth-order valence-electron chi connectivity index (χ4n) is 1.73. The van der Waals surface area contributed by atoms with Crippen LogP contribution < -0.4 is 5.32 Å². The molecule has 0 spiro atoms. The standard InChI is InChI=1S/C12H10ClFN2S/c13-9-3-7(1-2-10(9)14)12-16-11(6-17-12)8-4-15-5-8/h1-3,6,8,15H,4-5H2. The van der Waals surface area contributed by atoms with Gasteiger partial charge in [-0.15, -0.1) is 11.3 Å². The first-order valence-electron chi connectivity index (χ1n) is 5.35. The third kappa shape index (κ3) is 2.08. The lowest BCUT2D eigenvalue weighted by atomic mass is 10.0. The van der Waals surface area contributed by atoms with E-state index >= 15 is 0 Å². The SMILES string of the molecule is Fc1ccc(-c2nc(C3CNC3)cs2)cc1Cl. The number of rotatable bonds is 2. The molecule has 1 aliphatic heterocycles. The normalized spacial score (nSPS) is 15.9. The van der Waals surface area contributed by atoms with E-state index in [2.05, 4.69) is 15.7 Å². The van der Waals surface area contributed by atoms with Gasteiger partial charge in [0.2, 0.25) is 0 Å². The molecule has 88 valence electrons. The van der Waals surface area contributed by atoms with Crippen molar-refractivity contribution in [1.82, 2.24) is 10.3 Å². The van der Waals surface area contributed by atoms with Crippen LogP contribution in [0.1, 0.15) is 11.6 Å². The smallest absolute Gasteiger partial charge is 0.141 e. The Labute approximate surface area is 107 Å². The van der Waals surface area contributed by atoms with Crippen molar-refractivity contribution in [3.8, 4) is 10.6 Å². The molecule has 1 N–H and O–H groups in total. The van der Waals surface area contributed by atoms with Gasteiger partial charge in [-0.05, 0) is 18.2 Å². The molecule has 0 radical (unpaired) electrons. The minimum atomic E-state index is -0.393. The zero-order valence-electron chi connectivity index (χ0n) is 8.91. The van der Waals surface area contributed by atoms with Crippen molar-refractivity contribution >= 4 is 22.9 Å². The Kier molecular flexibility index (Phi) is 2.86. The zero-order valence-corrected chi connectivity index (χ0v) is 10.5. The van der Waals surface area contributed by atoms with Crippen LogP contribution in [0.5, 0.6) is 0 Å².